The maximum Gasteiger partial charge on any atom is 0.130 e. The van der Waals surface area contributed by atoms with E-state index < -0.39 is 5.60 Å². The number of nitrogens with two attached hydrogens (primary N) is 1. The van der Waals surface area contributed by atoms with Crippen LogP contribution in [0.1, 0.15) is 19.4 Å². The summed E-state index contributed by atoms with van der Waals surface area (Å²) in [5.74, 6) is 0.316. The molecular weight excluding hydrogens is 265 g/mol. The van der Waals surface area contributed by atoms with E-state index in [9.17, 15) is 4.39 Å². The zero-order valence-corrected chi connectivity index (χ0v) is 11.5. The third kappa shape index (κ3) is 3.18. The van der Waals surface area contributed by atoms with Gasteiger partial charge < -0.3 is 10.5 Å². The van der Waals surface area contributed by atoms with Gasteiger partial charge in [0.2, 0.25) is 0 Å². The van der Waals surface area contributed by atoms with Crippen LogP contribution >= 0.6 is 11.6 Å². The molecule has 0 atom stereocenters. The van der Waals surface area contributed by atoms with Gasteiger partial charge in [-0.15, -0.1) is 0 Å². The Morgan fingerprint density at radius 2 is 1.74 bits per heavy atom. The fourth-order valence-corrected chi connectivity index (χ4v) is 2.26. The molecule has 0 heterocycles. The van der Waals surface area contributed by atoms with Crippen LogP contribution in [0.25, 0.3) is 0 Å². The second kappa shape index (κ2) is 5.10. The van der Waals surface area contributed by atoms with Gasteiger partial charge in [0.05, 0.1) is 5.02 Å². The first-order valence-corrected chi connectivity index (χ1v) is 6.26. The minimum atomic E-state index is -0.666. The van der Waals surface area contributed by atoms with E-state index >= 15 is 0 Å². The van der Waals surface area contributed by atoms with Crippen LogP contribution in [-0.2, 0) is 5.60 Å². The molecule has 0 aliphatic carbocycles. The third-order valence-electron chi connectivity index (χ3n) is 2.83. The molecule has 0 radical (unpaired) electrons. The van der Waals surface area contributed by atoms with Gasteiger partial charge in [-0.05, 0) is 50.2 Å². The van der Waals surface area contributed by atoms with Gasteiger partial charge in [-0.25, -0.2) is 4.39 Å². The van der Waals surface area contributed by atoms with E-state index in [1.165, 1.54) is 12.1 Å². The van der Waals surface area contributed by atoms with Crippen molar-refractivity contribution in [3.63, 3.8) is 0 Å². The highest BCUT2D eigenvalue weighted by Gasteiger charge is 2.25. The largest absolute Gasteiger partial charge is 0.483 e. The predicted octanol–water partition coefficient (Wildman–Crippen LogP) is 4.38. The normalized spacial score (nSPS) is 11.4. The first-order chi connectivity index (χ1) is 8.88. The van der Waals surface area contributed by atoms with E-state index in [-0.39, 0.29) is 5.82 Å². The molecule has 2 N–H and O–H groups in total. The molecule has 2 aromatic carbocycles. The number of hydrogen-bond donors (Lipinski definition) is 1. The van der Waals surface area contributed by atoms with Gasteiger partial charge in [-0.2, -0.15) is 0 Å². The summed E-state index contributed by atoms with van der Waals surface area (Å²) in [7, 11) is 0. The highest BCUT2D eigenvalue weighted by atomic mass is 35.5. The van der Waals surface area contributed by atoms with E-state index in [0.717, 1.165) is 5.56 Å². The molecule has 0 aromatic heterocycles. The van der Waals surface area contributed by atoms with Crippen LogP contribution in [0.15, 0.2) is 42.5 Å². The van der Waals surface area contributed by atoms with Crippen molar-refractivity contribution >= 4 is 17.3 Å². The van der Waals surface area contributed by atoms with Crippen molar-refractivity contribution in [2.24, 2.45) is 0 Å². The molecule has 0 saturated heterocycles. The highest BCUT2D eigenvalue weighted by molar-refractivity contribution is 6.31. The Bertz CT molecular complexity index is 581. The SMILES string of the molecule is CC(C)(Oc1ccc(N)cc1)c1ccc(F)cc1Cl. The Kier molecular flexibility index (Phi) is 3.67. The van der Waals surface area contributed by atoms with Crippen molar-refractivity contribution in [3.05, 3.63) is 58.9 Å². The molecule has 0 unspecified atom stereocenters. The van der Waals surface area contributed by atoms with E-state index in [0.29, 0.717) is 16.5 Å². The Hall–Kier alpha value is -1.74. The van der Waals surface area contributed by atoms with Crippen LogP contribution in [0.5, 0.6) is 5.75 Å². The molecule has 2 aromatic rings. The Morgan fingerprint density at radius 3 is 2.32 bits per heavy atom. The second-order valence-corrected chi connectivity index (χ2v) is 5.21. The molecule has 0 fully saturated rings. The number of ether oxygens (including phenoxy) is 1. The number of anilines is 1. The molecule has 0 spiro atoms. The maximum absolute atomic E-state index is 13.1. The van der Waals surface area contributed by atoms with Gasteiger partial charge in [-0.3, -0.25) is 0 Å². The van der Waals surface area contributed by atoms with Gasteiger partial charge in [0.1, 0.15) is 17.2 Å². The van der Waals surface area contributed by atoms with E-state index in [4.69, 9.17) is 22.1 Å². The molecule has 100 valence electrons. The lowest BCUT2D eigenvalue weighted by Crippen LogP contribution is -2.25. The first kappa shape index (κ1) is 13.7. The summed E-state index contributed by atoms with van der Waals surface area (Å²) < 4.78 is 19.0. The molecule has 0 amide bonds. The number of hydrogen-bond acceptors (Lipinski definition) is 2. The number of benzene rings is 2. The van der Waals surface area contributed by atoms with E-state index in [2.05, 4.69) is 0 Å². The lowest BCUT2D eigenvalue weighted by molar-refractivity contribution is 0.109. The lowest BCUT2D eigenvalue weighted by Gasteiger charge is -2.28. The molecule has 19 heavy (non-hydrogen) atoms. The topological polar surface area (TPSA) is 35.2 Å². The van der Waals surface area contributed by atoms with Crippen molar-refractivity contribution in [3.8, 4) is 5.75 Å². The molecule has 0 aliphatic heterocycles. The molecule has 4 heteroatoms. The average Bonchev–Trinajstić information content (AvgIpc) is 2.31. The summed E-state index contributed by atoms with van der Waals surface area (Å²) in [6.45, 7) is 3.75. The minimum absolute atomic E-state index is 0.348. The van der Waals surface area contributed by atoms with E-state index in [1.807, 2.05) is 13.8 Å². The Labute approximate surface area is 117 Å². The summed E-state index contributed by atoms with van der Waals surface area (Å²) >= 11 is 6.07. The van der Waals surface area contributed by atoms with Crippen molar-refractivity contribution < 1.29 is 9.13 Å². The number of nitrogen functional groups attached to an aromatic ring is 1. The zero-order valence-electron chi connectivity index (χ0n) is 10.8. The molecule has 0 saturated carbocycles. The molecule has 0 aliphatic rings. The van der Waals surface area contributed by atoms with Gasteiger partial charge in [0.25, 0.3) is 0 Å². The van der Waals surface area contributed by atoms with Crippen LogP contribution in [-0.4, -0.2) is 0 Å². The fraction of sp³-hybridized carbons (Fsp3) is 0.200. The molecule has 2 nitrogen and oxygen atoms in total. The van der Waals surface area contributed by atoms with Crippen LogP contribution in [0.4, 0.5) is 10.1 Å². The lowest BCUT2D eigenvalue weighted by atomic mass is 9.98. The quantitative estimate of drug-likeness (QED) is 0.847. The highest BCUT2D eigenvalue weighted by Crippen LogP contribution is 2.33. The summed E-state index contributed by atoms with van der Waals surface area (Å²) in [6, 6.07) is 11.4. The van der Waals surface area contributed by atoms with Crippen LogP contribution in [0.2, 0.25) is 5.02 Å². The third-order valence-corrected chi connectivity index (χ3v) is 3.15. The number of rotatable bonds is 3. The van der Waals surface area contributed by atoms with Crippen molar-refractivity contribution in [1.82, 2.24) is 0 Å². The van der Waals surface area contributed by atoms with Crippen molar-refractivity contribution in [2.75, 3.05) is 5.73 Å². The summed E-state index contributed by atoms with van der Waals surface area (Å²) in [6.07, 6.45) is 0. The smallest absolute Gasteiger partial charge is 0.130 e. The Balaban J connectivity index is 2.29. The standard InChI is InChI=1S/C15H15ClFNO/c1-15(2,13-8-3-10(17)9-14(13)16)19-12-6-4-11(18)5-7-12/h3-9H,18H2,1-2H3. The second-order valence-electron chi connectivity index (χ2n) is 4.81. The molecule has 0 bridgehead atoms. The predicted molar refractivity (Wildman–Crippen MR) is 75.9 cm³/mol. The van der Waals surface area contributed by atoms with Crippen molar-refractivity contribution in [1.29, 1.82) is 0 Å². The van der Waals surface area contributed by atoms with Crippen LogP contribution in [0, 0.1) is 5.82 Å². The van der Waals surface area contributed by atoms with Crippen LogP contribution < -0.4 is 10.5 Å². The van der Waals surface area contributed by atoms with E-state index in [1.54, 1.807) is 30.3 Å². The van der Waals surface area contributed by atoms with Gasteiger partial charge in [-0.1, -0.05) is 17.7 Å². The number of halogens is 2. The summed E-state index contributed by atoms with van der Waals surface area (Å²) in [4.78, 5) is 0. The summed E-state index contributed by atoms with van der Waals surface area (Å²) in [5.41, 5.74) is 6.36. The maximum atomic E-state index is 13.1. The first-order valence-electron chi connectivity index (χ1n) is 5.88. The van der Waals surface area contributed by atoms with Gasteiger partial charge in [0, 0.05) is 11.3 Å². The minimum Gasteiger partial charge on any atom is -0.483 e. The summed E-state index contributed by atoms with van der Waals surface area (Å²) in [5, 5.41) is 0.348. The average molecular weight is 280 g/mol. The van der Waals surface area contributed by atoms with Crippen molar-refractivity contribution in [2.45, 2.75) is 19.4 Å². The van der Waals surface area contributed by atoms with Gasteiger partial charge >= 0.3 is 0 Å². The zero-order chi connectivity index (χ0) is 14.0. The fourth-order valence-electron chi connectivity index (χ4n) is 1.86. The molecular formula is C15H15ClFNO. The van der Waals surface area contributed by atoms with Gasteiger partial charge in [0.15, 0.2) is 0 Å². The van der Waals surface area contributed by atoms with Crippen LogP contribution in [0.3, 0.4) is 0 Å². The molecule has 2 rings (SSSR count). The Morgan fingerprint density at radius 1 is 1.11 bits per heavy atom. The monoisotopic (exact) mass is 279 g/mol.